The third-order valence-corrected chi connectivity index (χ3v) is 3.34. The van der Waals surface area contributed by atoms with Gasteiger partial charge < -0.3 is 10.2 Å². The van der Waals surface area contributed by atoms with E-state index in [-0.39, 0.29) is 6.04 Å². The van der Waals surface area contributed by atoms with Crippen LogP contribution in [0.2, 0.25) is 0 Å². The maximum absolute atomic E-state index is 4.30. The fourth-order valence-electron chi connectivity index (χ4n) is 2.09. The maximum atomic E-state index is 4.30. The normalized spacial score (nSPS) is 12.1. The van der Waals surface area contributed by atoms with E-state index in [0.29, 0.717) is 0 Å². The van der Waals surface area contributed by atoms with E-state index < -0.39 is 0 Å². The van der Waals surface area contributed by atoms with Crippen LogP contribution in [0, 0.1) is 0 Å². The standard InChI is InChI=1S/C16H22N4/c1-14(16-13-17-10-11-19-16)18-9-6-12-20(2)15-7-4-3-5-8-15/h3-5,7-8,10-11,13-14,18H,6,9,12H2,1-2H3. The zero-order chi connectivity index (χ0) is 14.2. The van der Waals surface area contributed by atoms with Crippen LogP contribution in [-0.2, 0) is 0 Å². The number of para-hydroxylation sites is 1. The summed E-state index contributed by atoms with van der Waals surface area (Å²) in [5, 5.41) is 3.48. The van der Waals surface area contributed by atoms with Crippen LogP contribution in [0.25, 0.3) is 0 Å². The highest BCUT2D eigenvalue weighted by Gasteiger charge is 2.05. The summed E-state index contributed by atoms with van der Waals surface area (Å²) in [4.78, 5) is 10.7. The number of benzene rings is 1. The van der Waals surface area contributed by atoms with E-state index in [9.17, 15) is 0 Å². The molecule has 0 radical (unpaired) electrons. The molecule has 1 aromatic heterocycles. The predicted octanol–water partition coefficient (Wildman–Crippen LogP) is 2.65. The van der Waals surface area contributed by atoms with E-state index in [1.807, 2.05) is 12.3 Å². The number of nitrogens with zero attached hydrogens (tertiary/aromatic N) is 3. The average Bonchev–Trinajstić information content (AvgIpc) is 2.53. The average molecular weight is 270 g/mol. The van der Waals surface area contributed by atoms with Crippen LogP contribution in [0.15, 0.2) is 48.9 Å². The molecule has 0 aliphatic carbocycles. The lowest BCUT2D eigenvalue weighted by Gasteiger charge is -2.20. The molecule has 1 atom stereocenters. The van der Waals surface area contributed by atoms with E-state index in [1.165, 1.54) is 5.69 Å². The molecule has 0 saturated heterocycles. The molecule has 0 amide bonds. The van der Waals surface area contributed by atoms with Crippen LogP contribution in [-0.4, -0.2) is 30.1 Å². The molecule has 106 valence electrons. The smallest absolute Gasteiger partial charge is 0.0753 e. The summed E-state index contributed by atoms with van der Waals surface area (Å²) in [6, 6.07) is 10.7. The highest BCUT2D eigenvalue weighted by atomic mass is 15.1. The monoisotopic (exact) mass is 270 g/mol. The minimum absolute atomic E-state index is 0.241. The Morgan fingerprint density at radius 2 is 2.00 bits per heavy atom. The Balaban J connectivity index is 1.69. The Labute approximate surface area is 120 Å². The molecule has 0 saturated carbocycles. The molecule has 0 bridgehead atoms. The highest BCUT2D eigenvalue weighted by molar-refractivity contribution is 5.44. The quantitative estimate of drug-likeness (QED) is 0.785. The number of anilines is 1. The van der Waals surface area contributed by atoms with Gasteiger partial charge in [-0.05, 0) is 32.0 Å². The van der Waals surface area contributed by atoms with Crippen LogP contribution in [0.5, 0.6) is 0 Å². The fraction of sp³-hybridized carbons (Fsp3) is 0.375. The van der Waals surface area contributed by atoms with Crippen LogP contribution in [0.3, 0.4) is 0 Å². The van der Waals surface area contributed by atoms with Gasteiger partial charge in [0, 0.05) is 43.9 Å². The van der Waals surface area contributed by atoms with Crippen molar-refractivity contribution in [1.29, 1.82) is 0 Å². The van der Waals surface area contributed by atoms with Gasteiger partial charge in [-0.1, -0.05) is 18.2 Å². The summed E-state index contributed by atoms with van der Waals surface area (Å²) >= 11 is 0. The third-order valence-electron chi connectivity index (χ3n) is 3.34. The molecule has 2 aromatic rings. The van der Waals surface area contributed by atoms with Gasteiger partial charge in [0.15, 0.2) is 0 Å². The second-order valence-corrected chi connectivity index (χ2v) is 4.92. The van der Waals surface area contributed by atoms with Crippen molar-refractivity contribution in [2.75, 3.05) is 25.0 Å². The van der Waals surface area contributed by atoms with Crippen molar-refractivity contribution in [1.82, 2.24) is 15.3 Å². The van der Waals surface area contributed by atoms with Gasteiger partial charge in [-0.25, -0.2) is 0 Å². The molecule has 4 heteroatoms. The first-order chi connectivity index (χ1) is 9.77. The number of hydrogen-bond donors (Lipinski definition) is 1. The van der Waals surface area contributed by atoms with E-state index in [0.717, 1.165) is 25.2 Å². The van der Waals surface area contributed by atoms with Gasteiger partial charge in [0.25, 0.3) is 0 Å². The van der Waals surface area contributed by atoms with E-state index >= 15 is 0 Å². The van der Waals surface area contributed by atoms with Crippen LogP contribution < -0.4 is 10.2 Å². The Bertz CT molecular complexity index is 439. The summed E-state index contributed by atoms with van der Waals surface area (Å²) < 4.78 is 0. The van der Waals surface area contributed by atoms with Crippen molar-refractivity contribution >= 4 is 5.69 Å². The number of nitrogens with one attached hydrogen (secondary N) is 1. The van der Waals surface area contributed by atoms with Crippen molar-refractivity contribution in [3.05, 3.63) is 54.6 Å². The van der Waals surface area contributed by atoms with E-state index in [4.69, 9.17) is 0 Å². The van der Waals surface area contributed by atoms with Gasteiger partial charge in [0.05, 0.1) is 5.69 Å². The molecule has 2 rings (SSSR count). The van der Waals surface area contributed by atoms with Crippen LogP contribution in [0.4, 0.5) is 5.69 Å². The van der Waals surface area contributed by atoms with Crippen LogP contribution in [0.1, 0.15) is 25.1 Å². The minimum Gasteiger partial charge on any atom is -0.375 e. The predicted molar refractivity (Wildman–Crippen MR) is 82.8 cm³/mol. The lowest BCUT2D eigenvalue weighted by atomic mass is 10.2. The van der Waals surface area contributed by atoms with Crippen LogP contribution >= 0.6 is 0 Å². The largest absolute Gasteiger partial charge is 0.375 e. The molecule has 0 spiro atoms. The van der Waals surface area contributed by atoms with E-state index in [1.54, 1.807) is 12.4 Å². The summed E-state index contributed by atoms with van der Waals surface area (Å²) in [5.74, 6) is 0. The Morgan fingerprint density at radius 3 is 2.70 bits per heavy atom. The number of aromatic nitrogens is 2. The summed E-state index contributed by atoms with van der Waals surface area (Å²) in [5.41, 5.74) is 2.25. The maximum Gasteiger partial charge on any atom is 0.0753 e. The zero-order valence-electron chi connectivity index (χ0n) is 12.2. The summed E-state index contributed by atoms with van der Waals surface area (Å²) in [7, 11) is 2.13. The SMILES string of the molecule is CC(NCCCN(C)c1ccccc1)c1cnccn1. The van der Waals surface area contributed by atoms with Gasteiger partial charge >= 0.3 is 0 Å². The van der Waals surface area contributed by atoms with E-state index in [2.05, 4.69) is 58.4 Å². The molecule has 1 N–H and O–H groups in total. The van der Waals surface area contributed by atoms with Crippen molar-refractivity contribution < 1.29 is 0 Å². The van der Waals surface area contributed by atoms with Crippen molar-refractivity contribution in [2.24, 2.45) is 0 Å². The van der Waals surface area contributed by atoms with Gasteiger partial charge in [-0.15, -0.1) is 0 Å². The third kappa shape index (κ3) is 4.31. The molecular weight excluding hydrogens is 248 g/mol. The van der Waals surface area contributed by atoms with Gasteiger partial charge in [0.2, 0.25) is 0 Å². The molecule has 1 unspecified atom stereocenters. The molecule has 1 heterocycles. The lowest BCUT2D eigenvalue weighted by molar-refractivity contribution is 0.546. The molecule has 1 aromatic carbocycles. The Kier molecular flexibility index (Phi) is 5.50. The molecule has 4 nitrogen and oxygen atoms in total. The molecule has 20 heavy (non-hydrogen) atoms. The zero-order valence-corrected chi connectivity index (χ0v) is 12.2. The number of hydrogen-bond acceptors (Lipinski definition) is 4. The van der Waals surface area contributed by atoms with Gasteiger partial charge in [-0.3, -0.25) is 9.97 Å². The summed E-state index contributed by atoms with van der Waals surface area (Å²) in [6.45, 7) is 4.12. The topological polar surface area (TPSA) is 41.0 Å². The Hall–Kier alpha value is -1.94. The summed E-state index contributed by atoms with van der Waals surface area (Å²) in [6.07, 6.45) is 6.34. The Morgan fingerprint density at radius 1 is 1.20 bits per heavy atom. The molecule has 0 aliphatic heterocycles. The van der Waals surface area contributed by atoms with Gasteiger partial charge in [-0.2, -0.15) is 0 Å². The highest BCUT2D eigenvalue weighted by Crippen LogP contribution is 2.11. The molecule has 0 aliphatic rings. The van der Waals surface area contributed by atoms with Crippen molar-refractivity contribution in [2.45, 2.75) is 19.4 Å². The first-order valence-electron chi connectivity index (χ1n) is 7.03. The first-order valence-corrected chi connectivity index (χ1v) is 7.03. The molecule has 0 fully saturated rings. The van der Waals surface area contributed by atoms with Gasteiger partial charge in [0.1, 0.15) is 0 Å². The molecular formula is C16H22N4. The fourth-order valence-corrected chi connectivity index (χ4v) is 2.09. The van der Waals surface area contributed by atoms with Crippen molar-refractivity contribution in [3.63, 3.8) is 0 Å². The lowest BCUT2D eigenvalue weighted by Crippen LogP contribution is -2.26. The first kappa shape index (κ1) is 14.5. The second-order valence-electron chi connectivity index (χ2n) is 4.92. The van der Waals surface area contributed by atoms with Crippen molar-refractivity contribution in [3.8, 4) is 0 Å². The second kappa shape index (κ2) is 7.60. The minimum atomic E-state index is 0.241. The number of rotatable bonds is 7.